The van der Waals surface area contributed by atoms with Crippen LogP contribution >= 0.6 is 12.4 Å². The second kappa shape index (κ2) is 9.56. The largest absolute Gasteiger partial charge is 0.369 e. The molecule has 0 aromatic heterocycles. The molecule has 0 heterocycles. The van der Waals surface area contributed by atoms with Crippen molar-refractivity contribution in [2.75, 3.05) is 13.2 Å². The molecule has 3 N–H and O–H groups in total. The Morgan fingerprint density at radius 1 is 1.37 bits per heavy atom. The van der Waals surface area contributed by atoms with Crippen molar-refractivity contribution in [3.05, 3.63) is 0 Å². The lowest BCUT2D eigenvalue weighted by atomic mass is 10.0. The van der Waals surface area contributed by atoms with Crippen molar-refractivity contribution >= 4 is 18.3 Å². The van der Waals surface area contributed by atoms with Gasteiger partial charge in [0.2, 0.25) is 5.91 Å². The van der Waals surface area contributed by atoms with Gasteiger partial charge in [0.15, 0.2) is 0 Å². The molecule has 1 fully saturated rings. The number of amides is 1. The maximum atomic E-state index is 12.0. The maximum Gasteiger partial charge on any atom is 0.249 e. The highest BCUT2D eigenvalue weighted by Gasteiger charge is 2.28. The summed E-state index contributed by atoms with van der Waals surface area (Å²) in [6.07, 6.45) is 3.97. The molecule has 3 unspecified atom stereocenters. The van der Waals surface area contributed by atoms with E-state index in [1.54, 1.807) is 0 Å². The van der Waals surface area contributed by atoms with Crippen LogP contribution in [0.5, 0.6) is 0 Å². The van der Waals surface area contributed by atoms with Crippen molar-refractivity contribution < 1.29 is 9.53 Å². The fourth-order valence-corrected chi connectivity index (χ4v) is 2.37. The Kier molecular flexibility index (Phi) is 9.40. The van der Waals surface area contributed by atoms with Gasteiger partial charge in [-0.3, -0.25) is 4.79 Å². The second-order valence-electron chi connectivity index (χ2n) is 5.74. The fourth-order valence-electron chi connectivity index (χ4n) is 2.37. The molecule has 0 aromatic carbocycles. The fraction of sp³-hybridized carbons (Fsp3) is 0.929. The van der Waals surface area contributed by atoms with Crippen LogP contribution in [-0.2, 0) is 9.53 Å². The normalized spacial score (nSPS) is 24.1. The molecule has 0 radical (unpaired) electrons. The van der Waals surface area contributed by atoms with E-state index in [2.05, 4.69) is 19.2 Å². The van der Waals surface area contributed by atoms with Crippen LogP contribution in [0, 0.1) is 11.8 Å². The number of carbonyl (C=O) groups excluding carboxylic acids is 1. The summed E-state index contributed by atoms with van der Waals surface area (Å²) in [5.74, 6) is 1.05. The minimum atomic E-state index is -0.359. The van der Waals surface area contributed by atoms with E-state index in [1.807, 2.05) is 6.92 Å². The summed E-state index contributed by atoms with van der Waals surface area (Å²) in [5, 5.41) is 3.07. The molecule has 1 saturated carbocycles. The average Bonchev–Trinajstić information content (AvgIpc) is 2.75. The number of ether oxygens (including phenoxy) is 1. The molecule has 0 spiro atoms. The molecule has 0 saturated heterocycles. The zero-order valence-corrected chi connectivity index (χ0v) is 13.2. The smallest absolute Gasteiger partial charge is 0.249 e. The Labute approximate surface area is 123 Å². The second-order valence-corrected chi connectivity index (χ2v) is 5.74. The first-order valence-electron chi connectivity index (χ1n) is 7.16. The first kappa shape index (κ1) is 18.7. The summed E-state index contributed by atoms with van der Waals surface area (Å²) < 4.78 is 5.55. The molecule has 3 atom stereocenters. The highest BCUT2D eigenvalue weighted by atomic mass is 35.5. The SMILES string of the molecule is CC(C)CCOC(C)C(=O)NC1CCCC1CN.Cl. The van der Waals surface area contributed by atoms with Crippen LogP contribution in [0.15, 0.2) is 0 Å². The van der Waals surface area contributed by atoms with Crippen molar-refractivity contribution in [3.63, 3.8) is 0 Å². The van der Waals surface area contributed by atoms with Crippen molar-refractivity contribution in [1.82, 2.24) is 5.32 Å². The minimum Gasteiger partial charge on any atom is -0.369 e. The van der Waals surface area contributed by atoms with E-state index in [9.17, 15) is 4.79 Å². The quantitative estimate of drug-likeness (QED) is 0.755. The molecule has 1 aliphatic carbocycles. The average molecular weight is 293 g/mol. The van der Waals surface area contributed by atoms with Gasteiger partial charge in [0.05, 0.1) is 0 Å². The van der Waals surface area contributed by atoms with Crippen LogP contribution in [0.1, 0.15) is 46.5 Å². The lowest BCUT2D eigenvalue weighted by Crippen LogP contribution is -2.44. The van der Waals surface area contributed by atoms with Gasteiger partial charge < -0.3 is 15.8 Å². The molecule has 5 heteroatoms. The first-order valence-corrected chi connectivity index (χ1v) is 7.16. The van der Waals surface area contributed by atoms with Gasteiger partial charge >= 0.3 is 0 Å². The van der Waals surface area contributed by atoms with Crippen LogP contribution < -0.4 is 11.1 Å². The number of hydrogen-bond acceptors (Lipinski definition) is 3. The number of hydrogen-bond donors (Lipinski definition) is 2. The molecule has 114 valence electrons. The van der Waals surface area contributed by atoms with Gasteiger partial charge in [-0.25, -0.2) is 0 Å². The van der Waals surface area contributed by atoms with E-state index in [1.165, 1.54) is 0 Å². The number of nitrogens with two attached hydrogens (primary N) is 1. The summed E-state index contributed by atoms with van der Waals surface area (Å²) in [7, 11) is 0. The Morgan fingerprint density at radius 2 is 2.05 bits per heavy atom. The minimum absolute atomic E-state index is 0. The summed E-state index contributed by atoms with van der Waals surface area (Å²) in [5.41, 5.74) is 5.71. The number of carbonyl (C=O) groups is 1. The van der Waals surface area contributed by atoms with E-state index in [0.717, 1.165) is 25.7 Å². The molecule has 1 aliphatic rings. The predicted octanol–water partition coefficient (Wildman–Crippen LogP) is 2.10. The molecule has 19 heavy (non-hydrogen) atoms. The van der Waals surface area contributed by atoms with Crippen molar-refractivity contribution in [1.29, 1.82) is 0 Å². The maximum absolute atomic E-state index is 12.0. The molecule has 4 nitrogen and oxygen atoms in total. The number of halogens is 1. The van der Waals surface area contributed by atoms with E-state index in [-0.39, 0.29) is 30.5 Å². The van der Waals surface area contributed by atoms with E-state index in [4.69, 9.17) is 10.5 Å². The van der Waals surface area contributed by atoms with Crippen LogP contribution in [0.4, 0.5) is 0 Å². The number of rotatable bonds is 7. The molecule has 0 aliphatic heterocycles. The summed E-state index contributed by atoms with van der Waals surface area (Å²) in [6, 6.07) is 0.249. The van der Waals surface area contributed by atoms with E-state index < -0.39 is 0 Å². The summed E-state index contributed by atoms with van der Waals surface area (Å²) in [4.78, 5) is 12.0. The Bertz CT molecular complexity index is 262. The van der Waals surface area contributed by atoms with Gasteiger partial charge in [0.25, 0.3) is 0 Å². The molecule has 1 rings (SSSR count). The highest BCUT2D eigenvalue weighted by Crippen LogP contribution is 2.24. The van der Waals surface area contributed by atoms with Crippen LogP contribution in [-0.4, -0.2) is 31.2 Å². The molecule has 0 aromatic rings. The third kappa shape index (κ3) is 6.59. The van der Waals surface area contributed by atoms with Gasteiger partial charge in [-0.2, -0.15) is 0 Å². The number of nitrogens with one attached hydrogen (secondary N) is 1. The van der Waals surface area contributed by atoms with Crippen molar-refractivity contribution in [2.45, 2.75) is 58.6 Å². The lowest BCUT2D eigenvalue weighted by Gasteiger charge is -2.22. The molecular formula is C14H29ClN2O2. The zero-order valence-electron chi connectivity index (χ0n) is 12.4. The molecular weight excluding hydrogens is 264 g/mol. The van der Waals surface area contributed by atoms with Gasteiger partial charge in [-0.15, -0.1) is 12.4 Å². The van der Waals surface area contributed by atoms with Gasteiger partial charge in [-0.05, 0) is 44.6 Å². The van der Waals surface area contributed by atoms with Crippen molar-refractivity contribution in [3.8, 4) is 0 Å². The van der Waals surface area contributed by atoms with Gasteiger partial charge in [-0.1, -0.05) is 20.3 Å². The molecule has 1 amide bonds. The topological polar surface area (TPSA) is 64.3 Å². The van der Waals surface area contributed by atoms with Gasteiger partial charge in [0.1, 0.15) is 6.10 Å². The third-order valence-corrected chi connectivity index (χ3v) is 3.72. The summed E-state index contributed by atoms with van der Waals surface area (Å²) in [6.45, 7) is 7.43. The van der Waals surface area contributed by atoms with Gasteiger partial charge in [0, 0.05) is 12.6 Å². The predicted molar refractivity (Wildman–Crippen MR) is 80.4 cm³/mol. The zero-order chi connectivity index (χ0) is 13.5. The first-order chi connectivity index (χ1) is 8.54. The Balaban J connectivity index is 0.00000324. The highest BCUT2D eigenvalue weighted by molar-refractivity contribution is 5.85. The van der Waals surface area contributed by atoms with Crippen LogP contribution in [0.3, 0.4) is 0 Å². The monoisotopic (exact) mass is 292 g/mol. The van der Waals surface area contributed by atoms with Crippen LogP contribution in [0.2, 0.25) is 0 Å². The Morgan fingerprint density at radius 3 is 2.63 bits per heavy atom. The van der Waals surface area contributed by atoms with Crippen molar-refractivity contribution in [2.24, 2.45) is 17.6 Å². The van der Waals surface area contributed by atoms with E-state index >= 15 is 0 Å². The van der Waals surface area contributed by atoms with Crippen LogP contribution in [0.25, 0.3) is 0 Å². The molecule has 0 bridgehead atoms. The standard InChI is InChI=1S/C14H28N2O2.ClH/c1-10(2)7-8-18-11(3)14(17)16-13-6-4-5-12(13)9-15;/h10-13H,4-9,15H2,1-3H3,(H,16,17);1H. The summed E-state index contributed by atoms with van der Waals surface area (Å²) >= 11 is 0. The third-order valence-electron chi connectivity index (χ3n) is 3.72. The van der Waals surface area contributed by atoms with E-state index in [0.29, 0.717) is 25.0 Å². The lowest BCUT2D eigenvalue weighted by molar-refractivity contribution is -0.132. The Hall–Kier alpha value is -0.320.